The number of piperidine rings is 1. The largest absolute Gasteiger partial charge is 0.350 e. The summed E-state index contributed by atoms with van der Waals surface area (Å²) in [6.45, 7) is 5.38. The molecular weight excluding hydrogens is 656 g/mol. The van der Waals surface area contributed by atoms with Gasteiger partial charge in [0.1, 0.15) is 12.1 Å². The molecule has 2 saturated heterocycles. The lowest BCUT2D eigenvalue weighted by Crippen LogP contribution is -2.58. The topological polar surface area (TPSA) is 162 Å². The Morgan fingerprint density at radius 1 is 1.02 bits per heavy atom. The summed E-state index contributed by atoms with van der Waals surface area (Å²) in [5, 5.41) is 3.39. The Hall–Kier alpha value is -3.52. The highest BCUT2D eigenvalue weighted by atomic mass is 35.5. The zero-order valence-corrected chi connectivity index (χ0v) is 29.4. The predicted octanol–water partition coefficient (Wildman–Crippen LogP) is 2.25. The van der Waals surface area contributed by atoms with E-state index in [1.54, 1.807) is 79.2 Å². The number of hydrogen-bond acceptors (Lipinski definition) is 7. The van der Waals surface area contributed by atoms with Crippen molar-refractivity contribution in [3.63, 3.8) is 0 Å². The van der Waals surface area contributed by atoms with Crippen molar-refractivity contribution in [2.75, 3.05) is 33.2 Å². The van der Waals surface area contributed by atoms with E-state index in [9.17, 15) is 27.6 Å². The number of likely N-dealkylation sites (tertiary alicyclic amines) is 2. The van der Waals surface area contributed by atoms with Gasteiger partial charge in [-0.1, -0.05) is 54.9 Å². The molecule has 0 radical (unpaired) electrons. The van der Waals surface area contributed by atoms with Crippen LogP contribution in [0.15, 0.2) is 48.5 Å². The average molecular weight is 703 g/mol. The molecule has 12 nitrogen and oxygen atoms in total. The van der Waals surface area contributed by atoms with Crippen LogP contribution in [0.5, 0.6) is 0 Å². The minimum absolute atomic E-state index is 0.0225. The second kappa shape index (κ2) is 16.7. The van der Waals surface area contributed by atoms with Crippen LogP contribution in [0.25, 0.3) is 0 Å². The van der Waals surface area contributed by atoms with Gasteiger partial charge in [0.15, 0.2) is 0 Å². The molecule has 0 bridgehead atoms. The summed E-state index contributed by atoms with van der Waals surface area (Å²) >= 11 is 6.16. The van der Waals surface area contributed by atoms with Gasteiger partial charge < -0.3 is 25.8 Å². The highest BCUT2D eigenvalue weighted by Crippen LogP contribution is 2.24. The number of carbonyl (C=O) groups is 4. The van der Waals surface area contributed by atoms with Gasteiger partial charge in [-0.2, -0.15) is 0 Å². The summed E-state index contributed by atoms with van der Waals surface area (Å²) in [5.41, 5.74) is 7.97. The van der Waals surface area contributed by atoms with E-state index in [4.69, 9.17) is 17.3 Å². The maximum Gasteiger partial charge on any atom is 0.243 e. The summed E-state index contributed by atoms with van der Waals surface area (Å²) in [6, 6.07) is 11.6. The predicted molar refractivity (Wildman–Crippen MR) is 184 cm³/mol. The minimum Gasteiger partial charge on any atom is -0.350 e. The molecule has 0 saturated carbocycles. The molecule has 0 spiro atoms. The molecule has 2 aliphatic heterocycles. The first-order valence-corrected chi connectivity index (χ1v) is 18.4. The van der Waals surface area contributed by atoms with E-state index < -0.39 is 33.9 Å². The molecule has 2 fully saturated rings. The zero-order chi connectivity index (χ0) is 35.0. The van der Waals surface area contributed by atoms with Crippen LogP contribution >= 0.6 is 11.6 Å². The molecule has 48 heavy (non-hydrogen) atoms. The molecule has 2 heterocycles. The van der Waals surface area contributed by atoms with Crippen molar-refractivity contribution in [1.29, 1.82) is 0 Å². The standard InChI is InChI=1S/C34H47ClN6O6S/c1-23(33(44)39(3)21-25-13-16-40(17-14-25)24(2)42)31(38-48(46,47)22-26-8-5-4-6-9-26)34(45)41-15-7-10-30(41)32(43)37-20-28-18-29(35)12-11-27(28)19-36/h4-6,8-9,11-12,18,23,25,30-31,38H,7,10,13-17,19-22,36H2,1-3H3,(H,37,43). The van der Waals surface area contributed by atoms with Crippen molar-refractivity contribution >= 4 is 45.3 Å². The smallest absolute Gasteiger partial charge is 0.243 e. The van der Waals surface area contributed by atoms with Gasteiger partial charge in [-0.25, -0.2) is 13.1 Å². The number of halogens is 1. The van der Waals surface area contributed by atoms with E-state index in [1.165, 1.54) is 4.90 Å². The first kappa shape index (κ1) is 37.3. The third-order valence-corrected chi connectivity index (χ3v) is 10.9. The molecular formula is C34H47ClN6O6S. The Balaban J connectivity index is 1.51. The van der Waals surface area contributed by atoms with Crippen LogP contribution in [0, 0.1) is 11.8 Å². The Labute approximate surface area is 288 Å². The molecule has 14 heteroatoms. The Morgan fingerprint density at radius 3 is 2.35 bits per heavy atom. The van der Waals surface area contributed by atoms with Crippen LogP contribution in [-0.2, 0) is 48.0 Å². The number of hydrogen-bond donors (Lipinski definition) is 3. The number of benzene rings is 2. The molecule has 0 aromatic heterocycles. The molecule has 262 valence electrons. The van der Waals surface area contributed by atoms with Gasteiger partial charge in [0, 0.05) is 58.3 Å². The molecule has 4 N–H and O–H groups in total. The Kier molecular flexibility index (Phi) is 13.0. The van der Waals surface area contributed by atoms with Crippen molar-refractivity contribution in [3.8, 4) is 0 Å². The highest BCUT2D eigenvalue weighted by molar-refractivity contribution is 7.88. The number of carbonyl (C=O) groups excluding carboxylic acids is 4. The van der Waals surface area contributed by atoms with Gasteiger partial charge in [0.05, 0.1) is 11.7 Å². The molecule has 2 aromatic rings. The Morgan fingerprint density at radius 2 is 1.71 bits per heavy atom. The van der Waals surface area contributed by atoms with Crippen LogP contribution in [0.3, 0.4) is 0 Å². The third-order valence-electron chi connectivity index (χ3n) is 9.31. The number of sulfonamides is 1. The average Bonchev–Trinajstić information content (AvgIpc) is 3.56. The maximum absolute atomic E-state index is 14.2. The summed E-state index contributed by atoms with van der Waals surface area (Å²) in [4.78, 5) is 58.0. The normalized spacial score (nSPS) is 18.3. The molecule has 3 unspecified atom stereocenters. The van der Waals surface area contributed by atoms with Gasteiger partial charge >= 0.3 is 0 Å². The summed E-state index contributed by atoms with van der Waals surface area (Å²) in [7, 11) is -2.43. The molecule has 2 aliphatic rings. The number of amides is 4. The van der Waals surface area contributed by atoms with E-state index in [1.807, 2.05) is 0 Å². The fourth-order valence-electron chi connectivity index (χ4n) is 6.53. The zero-order valence-electron chi connectivity index (χ0n) is 27.9. The van der Waals surface area contributed by atoms with E-state index in [0.717, 1.165) is 24.0 Å². The fraction of sp³-hybridized carbons (Fsp3) is 0.529. The van der Waals surface area contributed by atoms with Crippen molar-refractivity contribution < 1.29 is 27.6 Å². The number of nitrogens with zero attached hydrogens (tertiary/aromatic N) is 3. The minimum atomic E-state index is -4.08. The van der Waals surface area contributed by atoms with Crippen molar-refractivity contribution in [2.45, 2.75) is 70.5 Å². The number of nitrogens with two attached hydrogens (primary N) is 1. The quantitative estimate of drug-likeness (QED) is 0.288. The van der Waals surface area contributed by atoms with E-state index in [-0.39, 0.29) is 49.0 Å². The van der Waals surface area contributed by atoms with Crippen LogP contribution in [-0.4, -0.2) is 92.1 Å². The first-order valence-electron chi connectivity index (χ1n) is 16.4. The van der Waals surface area contributed by atoms with Gasteiger partial charge in [0.2, 0.25) is 33.7 Å². The third kappa shape index (κ3) is 9.77. The van der Waals surface area contributed by atoms with Crippen LogP contribution < -0.4 is 15.8 Å². The molecule has 3 atom stereocenters. The fourth-order valence-corrected chi connectivity index (χ4v) is 8.13. The van der Waals surface area contributed by atoms with Gasteiger partial charge in [-0.05, 0) is 60.4 Å². The molecule has 4 rings (SSSR count). The molecule has 0 aliphatic carbocycles. The van der Waals surface area contributed by atoms with Crippen LogP contribution in [0.1, 0.15) is 56.2 Å². The van der Waals surface area contributed by atoms with Gasteiger partial charge in [0.25, 0.3) is 0 Å². The van der Waals surface area contributed by atoms with Crippen molar-refractivity contribution in [3.05, 3.63) is 70.2 Å². The Bertz CT molecular complexity index is 1570. The lowest BCUT2D eigenvalue weighted by atomic mass is 9.94. The maximum atomic E-state index is 14.2. The van der Waals surface area contributed by atoms with E-state index >= 15 is 0 Å². The van der Waals surface area contributed by atoms with Gasteiger partial charge in [-0.15, -0.1) is 0 Å². The second-order valence-corrected chi connectivity index (χ2v) is 15.0. The summed E-state index contributed by atoms with van der Waals surface area (Å²) in [6.07, 6.45) is 2.41. The lowest BCUT2D eigenvalue weighted by Gasteiger charge is -2.35. The van der Waals surface area contributed by atoms with Crippen molar-refractivity contribution in [2.24, 2.45) is 17.6 Å². The van der Waals surface area contributed by atoms with Crippen LogP contribution in [0.4, 0.5) is 0 Å². The monoisotopic (exact) mass is 702 g/mol. The van der Waals surface area contributed by atoms with E-state index in [2.05, 4.69) is 10.0 Å². The summed E-state index contributed by atoms with van der Waals surface area (Å²) in [5.74, 6) is -2.66. The first-order chi connectivity index (χ1) is 22.8. The number of nitrogens with one attached hydrogen (secondary N) is 2. The van der Waals surface area contributed by atoms with E-state index in [0.29, 0.717) is 43.1 Å². The summed E-state index contributed by atoms with van der Waals surface area (Å²) < 4.78 is 29.4. The SMILES string of the molecule is CC(=O)N1CCC(CN(C)C(=O)C(C)C(NS(=O)(=O)Cc2ccccc2)C(=O)N2CCCC2C(=O)NCc2cc(Cl)ccc2CN)CC1. The van der Waals surface area contributed by atoms with Crippen LogP contribution in [0.2, 0.25) is 5.02 Å². The highest BCUT2D eigenvalue weighted by Gasteiger charge is 2.43. The second-order valence-electron chi connectivity index (χ2n) is 12.8. The lowest BCUT2D eigenvalue weighted by molar-refractivity contribution is -0.145. The molecule has 4 amide bonds. The van der Waals surface area contributed by atoms with Crippen molar-refractivity contribution in [1.82, 2.24) is 24.7 Å². The van der Waals surface area contributed by atoms with Gasteiger partial charge in [-0.3, -0.25) is 19.2 Å². The number of rotatable bonds is 13. The molecule has 2 aromatic carbocycles.